The summed E-state index contributed by atoms with van der Waals surface area (Å²) in [5.41, 5.74) is 3.72. The van der Waals surface area contributed by atoms with Crippen molar-refractivity contribution >= 4 is 34.2 Å². The smallest absolute Gasteiger partial charge is 0.230 e. The Bertz CT molecular complexity index is 848. The lowest BCUT2D eigenvalue weighted by molar-refractivity contribution is -0.115. The van der Waals surface area contributed by atoms with E-state index in [4.69, 9.17) is 11.6 Å². The van der Waals surface area contributed by atoms with Crippen LogP contribution in [-0.2, 0) is 11.2 Å². The zero-order valence-electron chi connectivity index (χ0n) is 12.0. The fourth-order valence-electron chi connectivity index (χ4n) is 2.19. The van der Waals surface area contributed by atoms with E-state index < -0.39 is 0 Å². The Morgan fingerprint density at radius 3 is 2.41 bits per heavy atom. The summed E-state index contributed by atoms with van der Waals surface area (Å²) in [6, 6.07) is 15.0. The van der Waals surface area contributed by atoms with Crippen LogP contribution >= 0.6 is 11.6 Å². The lowest BCUT2D eigenvalue weighted by Gasteiger charge is -2.09. The molecule has 2 aromatic carbocycles. The Morgan fingerprint density at radius 1 is 1.05 bits per heavy atom. The second-order valence-electron chi connectivity index (χ2n) is 4.99. The molecular formula is C17H14ClN3O. The molecule has 1 N–H and O–H groups in total. The normalized spacial score (nSPS) is 10.6. The molecule has 0 spiro atoms. The number of nitrogens with one attached hydrogen (secondary N) is 1. The summed E-state index contributed by atoms with van der Waals surface area (Å²) in [5, 5.41) is 3.13. The maximum absolute atomic E-state index is 12.2. The highest BCUT2D eigenvalue weighted by Gasteiger charge is 2.12. The molecule has 0 unspecified atom stereocenters. The Hall–Kier alpha value is -2.46. The minimum Gasteiger partial charge on any atom is -0.326 e. The zero-order chi connectivity index (χ0) is 15.5. The van der Waals surface area contributed by atoms with E-state index >= 15 is 0 Å². The van der Waals surface area contributed by atoms with Crippen molar-refractivity contribution in [3.8, 4) is 0 Å². The summed E-state index contributed by atoms with van der Waals surface area (Å²) in [6.07, 6.45) is 0.0883. The molecule has 0 bridgehead atoms. The first-order valence-electron chi connectivity index (χ1n) is 6.90. The van der Waals surface area contributed by atoms with Crippen molar-refractivity contribution in [3.63, 3.8) is 0 Å². The van der Waals surface area contributed by atoms with Crippen LogP contribution in [0, 0.1) is 6.92 Å². The van der Waals surface area contributed by atoms with Crippen LogP contribution in [0.15, 0.2) is 48.5 Å². The molecule has 0 radical (unpaired) electrons. The van der Waals surface area contributed by atoms with E-state index in [-0.39, 0.29) is 17.5 Å². The number of amides is 1. The van der Waals surface area contributed by atoms with Gasteiger partial charge in [0, 0.05) is 5.69 Å². The number of para-hydroxylation sites is 3. The van der Waals surface area contributed by atoms with E-state index in [9.17, 15) is 4.79 Å². The van der Waals surface area contributed by atoms with E-state index in [0.29, 0.717) is 5.69 Å². The Morgan fingerprint density at radius 2 is 1.68 bits per heavy atom. The SMILES string of the molecule is Cc1ccccc1NC(=O)Cc1nc2ccccc2nc1Cl. The third kappa shape index (κ3) is 3.07. The molecular weight excluding hydrogens is 298 g/mol. The van der Waals surface area contributed by atoms with Gasteiger partial charge < -0.3 is 5.32 Å². The van der Waals surface area contributed by atoms with Crippen molar-refractivity contribution in [2.24, 2.45) is 0 Å². The second-order valence-corrected chi connectivity index (χ2v) is 5.35. The summed E-state index contributed by atoms with van der Waals surface area (Å²) in [4.78, 5) is 20.9. The first-order valence-corrected chi connectivity index (χ1v) is 7.28. The molecule has 0 atom stereocenters. The van der Waals surface area contributed by atoms with Gasteiger partial charge in [-0.25, -0.2) is 9.97 Å². The number of halogens is 1. The van der Waals surface area contributed by atoms with Crippen LogP contribution in [0.5, 0.6) is 0 Å². The van der Waals surface area contributed by atoms with Crippen molar-refractivity contribution in [1.82, 2.24) is 9.97 Å². The molecule has 0 aliphatic heterocycles. The molecule has 1 amide bonds. The van der Waals surface area contributed by atoms with Crippen molar-refractivity contribution < 1.29 is 4.79 Å². The first kappa shape index (κ1) is 14.5. The van der Waals surface area contributed by atoms with Gasteiger partial charge >= 0.3 is 0 Å². The molecule has 1 heterocycles. The minimum atomic E-state index is -0.166. The van der Waals surface area contributed by atoms with Crippen molar-refractivity contribution in [3.05, 3.63) is 64.9 Å². The topological polar surface area (TPSA) is 54.9 Å². The number of carbonyl (C=O) groups is 1. The van der Waals surface area contributed by atoms with Gasteiger partial charge in [0.25, 0.3) is 0 Å². The van der Waals surface area contributed by atoms with Crippen LogP contribution in [0.4, 0.5) is 5.69 Å². The van der Waals surface area contributed by atoms with Gasteiger partial charge in [-0.1, -0.05) is 41.9 Å². The van der Waals surface area contributed by atoms with Crippen molar-refractivity contribution in [1.29, 1.82) is 0 Å². The number of rotatable bonds is 3. The highest BCUT2D eigenvalue weighted by atomic mass is 35.5. The van der Waals surface area contributed by atoms with E-state index in [1.165, 1.54) is 0 Å². The van der Waals surface area contributed by atoms with Crippen LogP contribution in [0.2, 0.25) is 5.15 Å². The van der Waals surface area contributed by atoms with Crippen LogP contribution < -0.4 is 5.32 Å². The molecule has 0 saturated carbocycles. The average Bonchev–Trinajstić information content (AvgIpc) is 2.50. The molecule has 0 aliphatic carbocycles. The number of benzene rings is 2. The number of carbonyl (C=O) groups excluding carboxylic acids is 1. The predicted molar refractivity (Wildman–Crippen MR) is 88.1 cm³/mol. The fourth-order valence-corrected chi connectivity index (χ4v) is 2.39. The Balaban J connectivity index is 1.82. The van der Waals surface area contributed by atoms with Gasteiger partial charge in [0.15, 0.2) is 5.15 Å². The zero-order valence-corrected chi connectivity index (χ0v) is 12.8. The minimum absolute atomic E-state index is 0.0883. The van der Waals surface area contributed by atoms with Crippen LogP contribution in [0.1, 0.15) is 11.3 Å². The lowest BCUT2D eigenvalue weighted by Crippen LogP contribution is -2.16. The van der Waals surface area contributed by atoms with E-state index in [1.807, 2.05) is 55.5 Å². The quantitative estimate of drug-likeness (QED) is 0.801. The molecule has 0 fully saturated rings. The maximum atomic E-state index is 12.2. The largest absolute Gasteiger partial charge is 0.326 e. The third-order valence-electron chi connectivity index (χ3n) is 3.34. The number of aryl methyl sites for hydroxylation is 1. The molecule has 3 rings (SSSR count). The van der Waals surface area contributed by atoms with Crippen LogP contribution in [0.3, 0.4) is 0 Å². The number of fused-ring (bicyclic) bond motifs is 1. The first-order chi connectivity index (χ1) is 10.6. The molecule has 5 heteroatoms. The summed E-state index contributed by atoms with van der Waals surface area (Å²) in [5.74, 6) is -0.166. The molecule has 4 nitrogen and oxygen atoms in total. The number of anilines is 1. The number of hydrogen-bond donors (Lipinski definition) is 1. The number of hydrogen-bond acceptors (Lipinski definition) is 3. The predicted octanol–water partition coefficient (Wildman–Crippen LogP) is 3.77. The summed E-state index contributed by atoms with van der Waals surface area (Å²) >= 11 is 6.13. The van der Waals surface area contributed by atoms with E-state index in [2.05, 4.69) is 15.3 Å². The Kier molecular flexibility index (Phi) is 4.02. The van der Waals surface area contributed by atoms with Crippen LogP contribution in [0.25, 0.3) is 11.0 Å². The summed E-state index contributed by atoms with van der Waals surface area (Å²) < 4.78 is 0. The molecule has 1 aromatic heterocycles. The van der Waals surface area contributed by atoms with Gasteiger partial charge in [-0.3, -0.25) is 4.79 Å². The molecule has 22 heavy (non-hydrogen) atoms. The standard InChI is InChI=1S/C17H14ClN3O/c1-11-6-2-3-7-12(11)20-16(22)10-15-17(18)21-14-9-5-4-8-13(14)19-15/h2-9H,10H2,1H3,(H,20,22). The average molecular weight is 312 g/mol. The van der Waals surface area contributed by atoms with Crippen molar-refractivity contribution in [2.45, 2.75) is 13.3 Å². The number of aromatic nitrogens is 2. The van der Waals surface area contributed by atoms with E-state index in [0.717, 1.165) is 22.3 Å². The molecule has 0 aliphatic rings. The van der Waals surface area contributed by atoms with E-state index in [1.54, 1.807) is 0 Å². The highest BCUT2D eigenvalue weighted by Crippen LogP contribution is 2.18. The van der Waals surface area contributed by atoms with Gasteiger partial charge in [-0.2, -0.15) is 0 Å². The van der Waals surface area contributed by atoms with Crippen LogP contribution in [-0.4, -0.2) is 15.9 Å². The molecule has 0 saturated heterocycles. The fraction of sp³-hybridized carbons (Fsp3) is 0.118. The second kappa shape index (κ2) is 6.12. The maximum Gasteiger partial charge on any atom is 0.230 e. The third-order valence-corrected chi connectivity index (χ3v) is 3.64. The molecule has 3 aromatic rings. The van der Waals surface area contributed by atoms with Gasteiger partial charge in [-0.15, -0.1) is 0 Å². The van der Waals surface area contributed by atoms with Crippen molar-refractivity contribution in [2.75, 3.05) is 5.32 Å². The highest BCUT2D eigenvalue weighted by molar-refractivity contribution is 6.30. The summed E-state index contributed by atoms with van der Waals surface area (Å²) in [6.45, 7) is 1.94. The van der Waals surface area contributed by atoms with Gasteiger partial charge in [0.1, 0.15) is 0 Å². The molecule has 110 valence electrons. The van der Waals surface area contributed by atoms with Gasteiger partial charge in [0.05, 0.1) is 23.1 Å². The summed E-state index contributed by atoms with van der Waals surface area (Å²) in [7, 11) is 0. The monoisotopic (exact) mass is 311 g/mol. The number of nitrogens with zero attached hydrogens (tertiary/aromatic N) is 2. The van der Waals surface area contributed by atoms with Gasteiger partial charge in [0.2, 0.25) is 5.91 Å². The lowest BCUT2D eigenvalue weighted by atomic mass is 10.2. The Labute approximate surface area is 133 Å². The van der Waals surface area contributed by atoms with Gasteiger partial charge in [-0.05, 0) is 30.7 Å².